The molecule has 0 saturated heterocycles. The molecular formula is C21H23N3O2. The minimum absolute atomic E-state index is 0.00382. The van der Waals surface area contributed by atoms with Crippen LogP contribution in [0.2, 0.25) is 0 Å². The lowest BCUT2D eigenvalue weighted by molar-refractivity contribution is -0.116. The van der Waals surface area contributed by atoms with Gasteiger partial charge in [-0.2, -0.15) is 5.10 Å². The number of nitrogens with one attached hydrogen (secondary N) is 1. The van der Waals surface area contributed by atoms with E-state index in [0.717, 1.165) is 34.1 Å². The van der Waals surface area contributed by atoms with Crippen LogP contribution in [0.4, 0.5) is 5.69 Å². The second-order valence-corrected chi connectivity index (χ2v) is 6.18. The molecule has 1 heterocycles. The predicted octanol–water partition coefficient (Wildman–Crippen LogP) is 4.07. The number of carbonyl (C=O) groups is 1. The Morgan fingerprint density at radius 2 is 1.88 bits per heavy atom. The fraction of sp³-hybridized carbons (Fsp3) is 0.238. The van der Waals surface area contributed by atoms with Crippen molar-refractivity contribution >= 4 is 11.6 Å². The summed E-state index contributed by atoms with van der Waals surface area (Å²) in [6.07, 6.45) is 1.07. The number of ether oxygens (including phenoxy) is 1. The fourth-order valence-corrected chi connectivity index (χ4v) is 3.01. The Labute approximate surface area is 153 Å². The van der Waals surface area contributed by atoms with Crippen LogP contribution in [-0.4, -0.2) is 22.8 Å². The predicted molar refractivity (Wildman–Crippen MR) is 103 cm³/mol. The quantitative estimate of drug-likeness (QED) is 0.730. The second-order valence-electron chi connectivity index (χ2n) is 6.18. The van der Waals surface area contributed by atoms with Crippen LogP contribution in [0.5, 0.6) is 5.75 Å². The van der Waals surface area contributed by atoms with E-state index in [-0.39, 0.29) is 5.91 Å². The van der Waals surface area contributed by atoms with Gasteiger partial charge in [0.1, 0.15) is 5.75 Å². The standard InChI is InChI=1S/C21H23N3O2/c1-15-20(12-13-21(25)22-17-8-5-4-6-9-17)16(2)24(23-15)18-10-7-11-19(14-18)26-3/h4-11,14H,12-13H2,1-3H3,(H,22,25). The second kappa shape index (κ2) is 7.87. The maximum Gasteiger partial charge on any atom is 0.224 e. The van der Waals surface area contributed by atoms with E-state index in [0.29, 0.717) is 12.8 Å². The van der Waals surface area contributed by atoms with Crippen LogP contribution in [0.1, 0.15) is 23.4 Å². The van der Waals surface area contributed by atoms with Crippen LogP contribution in [0.25, 0.3) is 5.69 Å². The Bertz CT molecular complexity index is 901. The molecule has 5 nitrogen and oxygen atoms in total. The van der Waals surface area contributed by atoms with E-state index in [2.05, 4.69) is 10.4 Å². The lowest BCUT2D eigenvalue weighted by Crippen LogP contribution is -2.12. The Morgan fingerprint density at radius 1 is 1.12 bits per heavy atom. The van der Waals surface area contributed by atoms with E-state index in [4.69, 9.17) is 4.74 Å². The number of nitrogens with zero attached hydrogens (tertiary/aromatic N) is 2. The molecule has 2 aromatic carbocycles. The molecule has 0 aliphatic carbocycles. The summed E-state index contributed by atoms with van der Waals surface area (Å²) < 4.78 is 7.20. The van der Waals surface area contributed by atoms with Gasteiger partial charge in [-0.25, -0.2) is 4.68 Å². The number of aromatic nitrogens is 2. The number of para-hydroxylation sites is 1. The van der Waals surface area contributed by atoms with E-state index in [1.807, 2.05) is 73.1 Å². The first-order valence-corrected chi connectivity index (χ1v) is 8.63. The van der Waals surface area contributed by atoms with Crippen molar-refractivity contribution in [2.75, 3.05) is 12.4 Å². The molecule has 0 aliphatic heterocycles. The third-order valence-corrected chi connectivity index (χ3v) is 4.40. The number of hydrogen-bond acceptors (Lipinski definition) is 3. The van der Waals surface area contributed by atoms with Gasteiger partial charge in [-0.05, 0) is 50.1 Å². The number of carbonyl (C=O) groups excluding carboxylic acids is 1. The van der Waals surface area contributed by atoms with E-state index in [1.54, 1.807) is 7.11 Å². The van der Waals surface area contributed by atoms with Gasteiger partial charge in [0.05, 0.1) is 18.5 Å². The number of aryl methyl sites for hydroxylation is 1. The van der Waals surface area contributed by atoms with Gasteiger partial charge in [0.15, 0.2) is 0 Å². The Morgan fingerprint density at radius 3 is 2.62 bits per heavy atom. The van der Waals surface area contributed by atoms with Crippen molar-refractivity contribution in [1.29, 1.82) is 0 Å². The Hall–Kier alpha value is -3.08. The number of rotatable bonds is 6. The molecule has 0 saturated carbocycles. The van der Waals surface area contributed by atoms with Crippen LogP contribution in [0, 0.1) is 13.8 Å². The summed E-state index contributed by atoms with van der Waals surface area (Å²) in [5, 5.41) is 7.57. The largest absolute Gasteiger partial charge is 0.497 e. The van der Waals surface area contributed by atoms with Crippen LogP contribution < -0.4 is 10.1 Å². The van der Waals surface area contributed by atoms with Crippen molar-refractivity contribution in [2.24, 2.45) is 0 Å². The number of hydrogen-bond donors (Lipinski definition) is 1. The molecule has 1 aromatic heterocycles. The summed E-state index contributed by atoms with van der Waals surface area (Å²) in [5.41, 5.74) is 4.86. The van der Waals surface area contributed by atoms with Crippen molar-refractivity contribution < 1.29 is 9.53 Å². The SMILES string of the molecule is COc1cccc(-n2nc(C)c(CCC(=O)Nc3ccccc3)c2C)c1. The highest BCUT2D eigenvalue weighted by Gasteiger charge is 2.14. The maximum atomic E-state index is 12.2. The van der Waals surface area contributed by atoms with Gasteiger partial charge in [-0.1, -0.05) is 24.3 Å². The topological polar surface area (TPSA) is 56.2 Å². The van der Waals surface area contributed by atoms with E-state index < -0.39 is 0 Å². The highest BCUT2D eigenvalue weighted by atomic mass is 16.5. The van der Waals surface area contributed by atoms with E-state index in [9.17, 15) is 4.79 Å². The minimum atomic E-state index is 0.00382. The first kappa shape index (κ1) is 17.7. The zero-order valence-electron chi connectivity index (χ0n) is 15.3. The third kappa shape index (κ3) is 3.94. The minimum Gasteiger partial charge on any atom is -0.497 e. The molecule has 0 radical (unpaired) electrons. The fourth-order valence-electron chi connectivity index (χ4n) is 3.01. The summed E-state index contributed by atoms with van der Waals surface area (Å²) in [7, 11) is 1.65. The smallest absolute Gasteiger partial charge is 0.224 e. The average molecular weight is 349 g/mol. The lowest BCUT2D eigenvalue weighted by atomic mass is 10.1. The summed E-state index contributed by atoms with van der Waals surface area (Å²) >= 11 is 0. The molecule has 0 unspecified atom stereocenters. The number of amides is 1. The van der Waals surface area contributed by atoms with E-state index in [1.165, 1.54) is 0 Å². The van der Waals surface area contributed by atoms with Crippen molar-refractivity contribution in [2.45, 2.75) is 26.7 Å². The summed E-state index contributed by atoms with van der Waals surface area (Å²) in [5.74, 6) is 0.794. The van der Waals surface area contributed by atoms with Gasteiger partial charge in [-0.15, -0.1) is 0 Å². The number of benzene rings is 2. The molecule has 0 bridgehead atoms. The van der Waals surface area contributed by atoms with Crippen molar-refractivity contribution in [1.82, 2.24) is 9.78 Å². The van der Waals surface area contributed by atoms with Gasteiger partial charge in [-0.3, -0.25) is 4.79 Å². The van der Waals surface area contributed by atoms with Gasteiger partial charge in [0, 0.05) is 23.9 Å². The molecule has 5 heteroatoms. The Balaban J connectivity index is 1.73. The molecule has 1 amide bonds. The lowest BCUT2D eigenvalue weighted by Gasteiger charge is -2.08. The third-order valence-electron chi connectivity index (χ3n) is 4.40. The zero-order valence-corrected chi connectivity index (χ0v) is 15.3. The van der Waals surface area contributed by atoms with Gasteiger partial charge in [0.25, 0.3) is 0 Å². The Kier molecular flexibility index (Phi) is 5.37. The van der Waals surface area contributed by atoms with Crippen molar-refractivity contribution in [3.63, 3.8) is 0 Å². The molecule has 3 rings (SSSR count). The monoisotopic (exact) mass is 349 g/mol. The molecular weight excluding hydrogens is 326 g/mol. The van der Waals surface area contributed by atoms with Crippen LogP contribution >= 0.6 is 0 Å². The first-order chi connectivity index (χ1) is 12.6. The summed E-state index contributed by atoms with van der Waals surface area (Å²) in [6.45, 7) is 4.01. The van der Waals surface area contributed by atoms with Crippen LogP contribution in [-0.2, 0) is 11.2 Å². The number of anilines is 1. The molecule has 0 fully saturated rings. The highest BCUT2D eigenvalue weighted by molar-refractivity contribution is 5.90. The number of methoxy groups -OCH3 is 1. The zero-order chi connectivity index (χ0) is 18.5. The van der Waals surface area contributed by atoms with Crippen LogP contribution in [0.3, 0.4) is 0 Å². The van der Waals surface area contributed by atoms with Gasteiger partial charge in [0.2, 0.25) is 5.91 Å². The molecule has 0 spiro atoms. The van der Waals surface area contributed by atoms with Crippen LogP contribution in [0.15, 0.2) is 54.6 Å². The molecule has 0 atom stereocenters. The average Bonchev–Trinajstić information content (AvgIpc) is 2.95. The highest BCUT2D eigenvalue weighted by Crippen LogP contribution is 2.22. The van der Waals surface area contributed by atoms with Crippen molar-refractivity contribution in [3.05, 3.63) is 71.5 Å². The van der Waals surface area contributed by atoms with Gasteiger partial charge < -0.3 is 10.1 Å². The normalized spacial score (nSPS) is 10.6. The molecule has 1 N–H and O–H groups in total. The maximum absolute atomic E-state index is 12.2. The molecule has 134 valence electrons. The summed E-state index contributed by atoms with van der Waals surface area (Å²) in [6, 6.07) is 17.3. The van der Waals surface area contributed by atoms with E-state index >= 15 is 0 Å². The first-order valence-electron chi connectivity index (χ1n) is 8.63. The molecule has 3 aromatic rings. The molecule has 26 heavy (non-hydrogen) atoms. The summed E-state index contributed by atoms with van der Waals surface area (Å²) in [4.78, 5) is 12.2. The van der Waals surface area contributed by atoms with Crippen molar-refractivity contribution in [3.8, 4) is 11.4 Å². The van der Waals surface area contributed by atoms with Gasteiger partial charge >= 0.3 is 0 Å². The molecule has 0 aliphatic rings.